The fraction of sp³-hybridized carbons (Fsp3) is 0.417. The van der Waals surface area contributed by atoms with Gasteiger partial charge in [0.25, 0.3) is 5.69 Å². The molecule has 0 atom stereocenters. The number of halogens is 2. The van der Waals surface area contributed by atoms with E-state index in [1.54, 1.807) is 0 Å². The van der Waals surface area contributed by atoms with E-state index in [0.29, 0.717) is 5.75 Å². The first kappa shape index (κ1) is 18.1. The lowest BCUT2D eigenvalue weighted by molar-refractivity contribution is -0.387. The van der Waals surface area contributed by atoms with Gasteiger partial charge in [-0.15, -0.1) is 11.8 Å². The van der Waals surface area contributed by atoms with Gasteiger partial charge >= 0.3 is 5.97 Å². The molecule has 0 unspecified atom stereocenters. The van der Waals surface area contributed by atoms with Crippen molar-refractivity contribution in [3.05, 3.63) is 32.6 Å². The Labute approximate surface area is 132 Å². The van der Waals surface area contributed by atoms with Gasteiger partial charge in [-0.05, 0) is 24.5 Å². The van der Waals surface area contributed by atoms with Crippen LogP contribution in [0.3, 0.4) is 0 Å². The molecule has 0 aromatic heterocycles. The number of hydrogen-bond donors (Lipinski definition) is 1. The van der Waals surface area contributed by atoms with Crippen LogP contribution >= 0.6 is 33.4 Å². The Bertz CT molecular complexity index is 590. The van der Waals surface area contributed by atoms with E-state index in [1.165, 1.54) is 0 Å². The van der Waals surface area contributed by atoms with Crippen molar-refractivity contribution in [2.75, 3.05) is 30.3 Å². The fourth-order valence-corrected chi connectivity index (χ4v) is 4.82. The van der Waals surface area contributed by atoms with Crippen molar-refractivity contribution >= 4 is 45.0 Å². The third-order valence-corrected chi connectivity index (χ3v) is 5.78. The van der Waals surface area contributed by atoms with E-state index < -0.39 is 43.0 Å². The third-order valence-electron chi connectivity index (χ3n) is 2.51. The van der Waals surface area contributed by atoms with Gasteiger partial charge in [-0.2, -0.15) is 0 Å². The van der Waals surface area contributed by atoms with Gasteiger partial charge in [0.2, 0.25) is 0 Å². The van der Waals surface area contributed by atoms with Crippen LogP contribution in [0.15, 0.2) is 11.0 Å². The monoisotopic (exact) mass is 355 g/mol. The van der Waals surface area contributed by atoms with Crippen LogP contribution in [0, 0.1) is 15.9 Å². The molecule has 9 heteroatoms. The molecule has 0 saturated carbocycles. The lowest BCUT2D eigenvalue weighted by Gasteiger charge is -2.24. The molecule has 118 valence electrons. The Morgan fingerprint density at radius 2 is 2.10 bits per heavy atom. The predicted octanol–water partition coefficient (Wildman–Crippen LogP) is 3.87. The SMILES string of the molecule is CS(C)(C)CCSc1c([N+](=O)[O-])cc(C(=O)O)c(F)c1Cl. The first-order valence-electron chi connectivity index (χ1n) is 5.73. The lowest BCUT2D eigenvalue weighted by Crippen LogP contribution is -2.06. The van der Waals surface area contributed by atoms with E-state index in [-0.39, 0.29) is 4.90 Å². The minimum atomic E-state index is -1.59. The maximum absolute atomic E-state index is 13.9. The molecule has 0 radical (unpaired) electrons. The average Bonchev–Trinajstić information content (AvgIpc) is 2.32. The van der Waals surface area contributed by atoms with E-state index in [4.69, 9.17) is 16.7 Å². The van der Waals surface area contributed by atoms with Gasteiger partial charge in [0, 0.05) is 11.8 Å². The van der Waals surface area contributed by atoms with Gasteiger partial charge in [0.05, 0.1) is 9.95 Å². The second-order valence-electron chi connectivity index (χ2n) is 5.11. The summed E-state index contributed by atoms with van der Waals surface area (Å²) in [6.07, 6.45) is 6.28. The zero-order valence-corrected chi connectivity index (χ0v) is 14.1. The molecule has 1 aromatic rings. The van der Waals surface area contributed by atoms with Crippen molar-refractivity contribution in [1.29, 1.82) is 0 Å². The largest absolute Gasteiger partial charge is 0.478 e. The molecule has 0 saturated heterocycles. The predicted molar refractivity (Wildman–Crippen MR) is 86.0 cm³/mol. The third kappa shape index (κ3) is 4.76. The quantitative estimate of drug-likeness (QED) is 0.476. The molecule has 0 aliphatic heterocycles. The number of benzene rings is 1. The molecule has 1 N–H and O–H groups in total. The number of nitro groups is 1. The van der Waals surface area contributed by atoms with Crippen molar-refractivity contribution < 1.29 is 19.2 Å². The number of carbonyl (C=O) groups is 1. The molecule has 1 rings (SSSR count). The van der Waals surface area contributed by atoms with Crippen molar-refractivity contribution in [2.45, 2.75) is 4.90 Å². The summed E-state index contributed by atoms with van der Waals surface area (Å²) in [7, 11) is -0.794. The molecule has 0 heterocycles. The maximum atomic E-state index is 13.9. The number of hydrogen-bond acceptors (Lipinski definition) is 4. The number of carboxylic acid groups (broad SMARTS) is 1. The first-order valence-corrected chi connectivity index (χ1v) is 10.1. The number of rotatable bonds is 6. The molecule has 1 aromatic carbocycles. The molecule has 21 heavy (non-hydrogen) atoms. The van der Waals surface area contributed by atoms with Gasteiger partial charge in [-0.25, -0.2) is 19.2 Å². The fourth-order valence-electron chi connectivity index (χ4n) is 1.42. The van der Waals surface area contributed by atoms with Crippen LogP contribution in [0.1, 0.15) is 10.4 Å². The summed E-state index contributed by atoms with van der Waals surface area (Å²) in [5.41, 5.74) is -1.27. The Morgan fingerprint density at radius 1 is 1.52 bits per heavy atom. The molecule has 0 bridgehead atoms. The highest BCUT2D eigenvalue weighted by Gasteiger charge is 2.27. The van der Waals surface area contributed by atoms with E-state index in [9.17, 15) is 19.3 Å². The molecule has 0 spiro atoms. The van der Waals surface area contributed by atoms with Crippen molar-refractivity contribution in [3.8, 4) is 0 Å². The zero-order valence-electron chi connectivity index (χ0n) is 11.7. The van der Waals surface area contributed by atoms with Crippen LogP contribution in [0.4, 0.5) is 10.1 Å². The van der Waals surface area contributed by atoms with Crippen molar-refractivity contribution in [3.63, 3.8) is 0 Å². The number of nitrogens with zero attached hydrogens (tertiary/aromatic N) is 1. The smallest absolute Gasteiger partial charge is 0.339 e. The topological polar surface area (TPSA) is 80.4 Å². The normalized spacial score (nSPS) is 12.2. The lowest BCUT2D eigenvalue weighted by atomic mass is 10.2. The molecule has 5 nitrogen and oxygen atoms in total. The van der Waals surface area contributed by atoms with Crippen LogP contribution in [-0.4, -0.2) is 46.3 Å². The average molecular weight is 356 g/mol. The summed E-state index contributed by atoms with van der Waals surface area (Å²) >= 11 is 6.86. The summed E-state index contributed by atoms with van der Waals surface area (Å²) < 4.78 is 13.9. The highest BCUT2D eigenvalue weighted by molar-refractivity contribution is 8.32. The number of thioether (sulfide) groups is 1. The van der Waals surface area contributed by atoms with Crippen molar-refractivity contribution in [2.24, 2.45) is 0 Å². The highest BCUT2D eigenvalue weighted by Crippen LogP contribution is 2.42. The molecule has 0 aliphatic rings. The maximum Gasteiger partial charge on any atom is 0.339 e. The Morgan fingerprint density at radius 3 is 2.52 bits per heavy atom. The highest BCUT2D eigenvalue weighted by atomic mass is 35.5. The van der Waals surface area contributed by atoms with Crippen LogP contribution in [-0.2, 0) is 0 Å². The molecular weight excluding hydrogens is 341 g/mol. The van der Waals surface area contributed by atoms with Crippen molar-refractivity contribution in [1.82, 2.24) is 0 Å². The molecule has 0 fully saturated rings. The van der Waals surface area contributed by atoms with Gasteiger partial charge in [0.15, 0.2) is 5.82 Å². The van der Waals surface area contributed by atoms with Gasteiger partial charge in [-0.3, -0.25) is 10.1 Å². The second kappa shape index (κ2) is 6.85. The number of nitro benzene ring substituents is 1. The van der Waals surface area contributed by atoms with Crippen LogP contribution in [0.5, 0.6) is 0 Å². The Balaban J connectivity index is 3.21. The standard InChI is InChI=1S/C12H15ClFNO4S2/c1-21(2,3)5-4-20-11-8(15(18)19)6-7(12(16)17)10(14)9(11)13/h6H,4-5H2,1-3H3,(H,16,17). The van der Waals surface area contributed by atoms with E-state index >= 15 is 0 Å². The second-order valence-corrected chi connectivity index (χ2v) is 11.2. The zero-order chi connectivity index (χ0) is 16.4. The van der Waals surface area contributed by atoms with Gasteiger partial charge in [-0.1, -0.05) is 11.6 Å². The van der Waals surface area contributed by atoms with Crippen LogP contribution in [0.2, 0.25) is 5.02 Å². The minimum absolute atomic E-state index is 0.0205. The first-order chi connectivity index (χ1) is 9.54. The van der Waals surface area contributed by atoms with E-state index in [0.717, 1.165) is 23.6 Å². The summed E-state index contributed by atoms with van der Waals surface area (Å²) in [4.78, 5) is 21.2. The van der Waals surface area contributed by atoms with Crippen LogP contribution < -0.4 is 0 Å². The number of aromatic carboxylic acids is 1. The molecule has 0 aliphatic carbocycles. The summed E-state index contributed by atoms with van der Waals surface area (Å²) in [5, 5.41) is 19.4. The molecular formula is C12H15ClFNO4S2. The summed E-state index contributed by atoms with van der Waals surface area (Å²) in [5.74, 6) is -1.35. The molecule has 0 amide bonds. The van der Waals surface area contributed by atoms with Crippen LogP contribution in [0.25, 0.3) is 0 Å². The number of carboxylic acids is 1. The Kier molecular flexibility index (Phi) is 5.89. The Hall–Kier alpha value is -0.990. The van der Waals surface area contributed by atoms with E-state index in [1.807, 2.05) is 0 Å². The summed E-state index contributed by atoms with van der Waals surface area (Å²) in [6.45, 7) is 0. The van der Waals surface area contributed by atoms with E-state index in [2.05, 4.69) is 18.8 Å². The minimum Gasteiger partial charge on any atom is -0.478 e. The van der Waals surface area contributed by atoms with Gasteiger partial charge in [0.1, 0.15) is 10.5 Å². The van der Waals surface area contributed by atoms with Gasteiger partial charge < -0.3 is 5.11 Å². The summed E-state index contributed by atoms with van der Waals surface area (Å²) in [6, 6.07) is 0.718.